The van der Waals surface area contributed by atoms with Crippen molar-refractivity contribution in [1.82, 2.24) is 5.32 Å². The van der Waals surface area contributed by atoms with Gasteiger partial charge in [-0.3, -0.25) is 9.59 Å². The Kier molecular flexibility index (Phi) is 5.07. The van der Waals surface area contributed by atoms with E-state index in [0.717, 1.165) is 12.8 Å². The maximum absolute atomic E-state index is 12.1. The largest absolute Gasteiger partial charge is 0.481 e. The number of carbonyl (C=O) groups excluding carboxylic acids is 1. The second-order valence-electron chi connectivity index (χ2n) is 5.26. The highest BCUT2D eigenvalue weighted by atomic mass is 35.5. The molecule has 0 saturated heterocycles. The van der Waals surface area contributed by atoms with E-state index in [4.69, 9.17) is 21.4 Å². The third-order valence-electron chi connectivity index (χ3n) is 3.41. The van der Waals surface area contributed by atoms with Crippen molar-refractivity contribution in [1.29, 1.82) is 0 Å². The van der Waals surface area contributed by atoms with Gasteiger partial charge >= 0.3 is 5.97 Å². The van der Waals surface area contributed by atoms with Crippen molar-refractivity contribution in [3.05, 3.63) is 29.3 Å². The number of carboxylic acid groups (broad SMARTS) is 1. The molecule has 1 amide bonds. The minimum atomic E-state index is -0.904. The number of carboxylic acids is 1. The molecule has 1 aromatic carbocycles. The van der Waals surface area contributed by atoms with E-state index in [1.165, 1.54) is 0 Å². The molecule has 1 aliphatic rings. The average Bonchev–Trinajstić information content (AvgIpc) is 3.24. The number of halogens is 1. The van der Waals surface area contributed by atoms with Crippen LogP contribution in [0.2, 0.25) is 5.02 Å². The van der Waals surface area contributed by atoms with E-state index < -0.39 is 12.1 Å². The molecule has 0 heterocycles. The van der Waals surface area contributed by atoms with Gasteiger partial charge in [-0.15, -0.1) is 0 Å². The predicted molar refractivity (Wildman–Crippen MR) is 78.4 cm³/mol. The molecule has 1 saturated carbocycles. The fourth-order valence-corrected chi connectivity index (χ4v) is 2.22. The molecule has 5 nitrogen and oxygen atoms in total. The van der Waals surface area contributed by atoms with E-state index in [9.17, 15) is 9.59 Å². The Morgan fingerprint density at radius 3 is 2.52 bits per heavy atom. The summed E-state index contributed by atoms with van der Waals surface area (Å²) >= 11 is 5.78. The highest BCUT2D eigenvalue weighted by Gasteiger charge is 2.34. The van der Waals surface area contributed by atoms with Gasteiger partial charge in [-0.1, -0.05) is 11.6 Å². The van der Waals surface area contributed by atoms with Crippen LogP contribution in [0.4, 0.5) is 0 Å². The zero-order valence-corrected chi connectivity index (χ0v) is 12.5. The van der Waals surface area contributed by atoms with Crippen molar-refractivity contribution in [3.8, 4) is 5.75 Å². The summed E-state index contributed by atoms with van der Waals surface area (Å²) < 4.78 is 5.52. The van der Waals surface area contributed by atoms with Gasteiger partial charge in [-0.25, -0.2) is 0 Å². The number of amides is 1. The number of benzene rings is 1. The van der Waals surface area contributed by atoms with Crippen LogP contribution in [-0.2, 0) is 9.59 Å². The third kappa shape index (κ3) is 4.93. The fourth-order valence-electron chi connectivity index (χ4n) is 2.09. The normalized spacial score (nSPS) is 16.9. The van der Waals surface area contributed by atoms with Gasteiger partial charge < -0.3 is 15.2 Å². The first-order chi connectivity index (χ1) is 9.95. The molecule has 2 N–H and O–H groups in total. The minimum Gasteiger partial charge on any atom is -0.481 e. The lowest BCUT2D eigenvalue weighted by atomic mass is 10.1. The van der Waals surface area contributed by atoms with Gasteiger partial charge in [-0.2, -0.15) is 0 Å². The van der Waals surface area contributed by atoms with Gasteiger partial charge in [0.15, 0.2) is 6.10 Å². The average molecular weight is 312 g/mol. The SMILES string of the molecule is CC(Oc1ccc(Cl)cc1)C(=O)NC(CC(=O)O)C1CC1. The standard InChI is InChI=1S/C15H18ClNO4/c1-9(21-12-6-4-11(16)5-7-12)15(20)17-13(8-14(18)19)10-2-3-10/h4-7,9-10,13H,2-3,8H2,1H3,(H,17,20)(H,18,19). The van der Waals surface area contributed by atoms with Crippen LogP contribution in [0.15, 0.2) is 24.3 Å². The van der Waals surface area contributed by atoms with Crippen molar-refractivity contribution in [3.63, 3.8) is 0 Å². The highest BCUT2D eigenvalue weighted by molar-refractivity contribution is 6.30. The van der Waals surface area contributed by atoms with Crippen molar-refractivity contribution < 1.29 is 19.4 Å². The van der Waals surface area contributed by atoms with Gasteiger partial charge in [0, 0.05) is 11.1 Å². The molecular weight excluding hydrogens is 294 g/mol. The van der Waals surface area contributed by atoms with Gasteiger partial charge in [-0.05, 0) is 49.9 Å². The lowest BCUT2D eigenvalue weighted by molar-refractivity contribution is -0.138. The summed E-state index contributed by atoms with van der Waals surface area (Å²) in [5.41, 5.74) is 0. The Balaban J connectivity index is 1.88. The van der Waals surface area contributed by atoms with Crippen LogP contribution in [0.3, 0.4) is 0 Å². The summed E-state index contributed by atoms with van der Waals surface area (Å²) in [5, 5.41) is 12.2. The lowest BCUT2D eigenvalue weighted by Gasteiger charge is -2.20. The van der Waals surface area contributed by atoms with Gasteiger partial charge in [0.05, 0.1) is 6.42 Å². The Morgan fingerprint density at radius 1 is 1.38 bits per heavy atom. The highest BCUT2D eigenvalue weighted by Crippen LogP contribution is 2.34. The lowest BCUT2D eigenvalue weighted by Crippen LogP contribution is -2.44. The molecule has 2 atom stereocenters. The number of ether oxygens (including phenoxy) is 1. The van der Waals surface area contributed by atoms with E-state index in [1.54, 1.807) is 31.2 Å². The third-order valence-corrected chi connectivity index (χ3v) is 3.66. The van der Waals surface area contributed by atoms with Gasteiger partial charge in [0.1, 0.15) is 5.75 Å². The number of rotatable bonds is 7. The van der Waals surface area contributed by atoms with Crippen LogP contribution >= 0.6 is 11.6 Å². The molecule has 0 spiro atoms. The van der Waals surface area contributed by atoms with Crippen molar-refractivity contribution in [2.45, 2.75) is 38.3 Å². The van der Waals surface area contributed by atoms with Crippen LogP contribution in [0.1, 0.15) is 26.2 Å². The predicted octanol–water partition coefficient (Wildman–Crippen LogP) is 2.48. The molecule has 6 heteroatoms. The zero-order valence-electron chi connectivity index (χ0n) is 11.7. The molecule has 0 aromatic heterocycles. The van der Waals surface area contributed by atoms with Crippen molar-refractivity contribution >= 4 is 23.5 Å². The van der Waals surface area contributed by atoms with E-state index in [-0.39, 0.29) is 24.3 Å². The number of hydrogen-bond acceptors (Lipinski definition) is 3. The van der Waals surface area contributed by atoms with E-state index in [0.29, 0.717) is 10.8 Å². The molecule has 0 aliphatic heterocycles. The van der Waals surface area contributed by atoms with Crippen LogP contribution in [0, 0.1) is 5.92 Å². The molecule has 0 radical (unpaired) electrons. The van der Waals surface area contributed by atoms with Gasteiger partial charge in [0.25, 0.3) is 5.91 Å². The first-order valence-corrected chi connectivity index (χ1v) is 7.28. The quantitative estimate of drug-likeness (QED) is 0.811. The molecule has 1 aliphatic carbocycles. The fraction of sp³-hybridized carbons (Fsp3) is 0.467. The van der Waals surface area contributed by atoms with Crippen LogP contribution in [0.25, 0.3) is 0 Å². The Labute approximate surface area is 128 Å². The van der Waals surface area contributed by atoms with Crippen LogP contribution in [-0.4, -0.2) is 29.1 Å². The number of aliphatic carboxylic acids is 1. The van der Waals surface area contributed by atoms with E-state index in [1.807, 2.05) is 0 Å². The monoisotopic (exact) mass is 311 g/mol. The van der Waals surface area contributed by atoms with Gasteiger partial charge in [0.2, 0.25) is 0 Å². The summed E-state index contributed by atoms with van der Waals surface area (Å²) in [6, 6.07) is 6.41. The molecule has 114 valence electrons. The second kappa shape index (κ2) is 6.80. The molecule has 0 bridgehead atoms. The maximum atomic E-state index is 12.1. The molecule has 1 fully saturated rings. The molecule has 21 heavy (non-hydrogen) atoms. The molecule has 1 aromatic rings. The second-order valence-corrected chi connectivity index (χ2v) is 5.70. The number of carbonyl (C=O) groups is 2. The number of hydrogen-bond donors (Lipinski definition) is 2. The van der Waals surface area contributed by atoms with E-state index in [2.05, 4.69) is 5.32 Å². The zero-order chi connectivity index (χ0) is 15.4. The maximum Gasteiger partial charge on any atom is 0.305 e. The Hall–Kier alpha value is -1.75. The first-order valence-electron chi connectivity index (χ1n) is 6.90. The summed E-state index contributed by atoms with van der Waals surface area (Å²) in [6.07, 6.45) is 1.18. The molecule has 2 rings (SSSR count). The van der Waals surface area contributed by atoms with Crippen molar-refractivity contribution in [2.75, 3.05) is 0 Å². The Morgan fingerprint density at radius 2 is 2.00 bits per heavy atom. The van der Waals surface area contributed by atoms with Crippen LogP contribution < -0.4 is 10.1 Å². The summed E-state index contributed by atoms with van der Waals surface area (Å²) in [7, 11) is 0. The first kappa shape index (κ1) is 15.6. The Bertz CT molecular complexity index is 513. The van der Waals surface area contributed by atoms with E-state index >= 15 is 0 Å². The summed E-state index contributed by atoms with van der Waals surface area (Å²) in [4.78, 5) is 22.9. The summed E-state index contributed by atoms with van der Waals surface area (Å²) in [6.45, 7) is 1.63. The van der Waals surface area contributed by atoms with Crippen LogP contribution in [0.5, 0.6) is 5.75 Å². The minimum absolute atomic E-state index is 0.0515. The van der Waals surface area contributed by atoms with Crippen molar-refractivity contribution in [2.24, 2.45) is 5.92 Å². The smallest absolute Gasteiger partial charge is 0.305 e. The molecular formula is C15H18ClNO4. The number of nitrogens with one attached hydrogen (secondary N) is 1. The topological polar surface area (TPSA) is 75.6 Å². The molecule has 2 unspecified atom stereocenters. The summed E-state index contributed by atoms with van der Waals surface area (Å²) in [5.74, 6) is -0.391.